The van der Waals surface area contributed by atoms with Crippen LogP contribution in [0.1, 0.15) is 55.5 Å². The molecule has 1 atom stereocenters. The molecule has 1 aromatic heterocycles. The van der Waals surface area contributed by atoms with E-state index in [0.717, 1.165) is 59.5 Å². The van der Waals surface area contributed by atoms with Crippen molar-refractivity contribution in [3.05, 3.63) is 41.1 Å². The van der Waals surface area contributed by atoms with Crippen LogP contribution >= 0.6 is 0 Å². The van der Waals surface area contributed by atoms with Gasteiger partial charge in [0.15, 0.2) is 11.6 Å². The summed E-state index contributed by atoms with van der Waals surface area (Å²) in [4.78, 5) is 22.2. The molecule has 1 aliphatic heterocycles. The Labute approximate surface area is 188 Å². The number of aryl methyl sites for hydroxylation is 2. The molecule has 0 unspecified atom stereocenters. The number of halogens is 1. The number of carbonyl (C=O) groups excluding carboxylic acids is 1. The zero-order valence-corrected chi connectivity index (χ0v) is 18.8. The van der Waals surface area contributed by atoms with Gasteiger partial charge in [-0.3, -0.25) is 9.78 Å². The molecule has 4 saturated carbocycles. The largest absolute Gasteiger partial charge is 0.485 e. The van der Waals surface area contributed by atoms with E-state index in [4.69, 9.17) is 4.74 Å². The third kappa shape index (κ3) is 3.30. The zero-order valence-electron chi connectivity index (χ0n) is 18.8. The van der Waals surface area contributed by atoms with E-state index in [1.807, 2.05) is 19.9 Å². The van der Waals surface area contributed by atoms with Gasteiger partial charge in [-0.25, -0.2) is 9.37 Å². The van der Waals surface area contributed by atoms with E-state index in [2.05, 4.69) is 15.3 Å². The van der Waals surface area contributed by atoms with E-state index < -0.39 is 0 Å². The minimum absolute atomic E-state index is 0.167. The number of aromatic nitrogens is 2. The Balaban J connectivity index is 1.15. The topological polar surface area (TPSA) is 64.1 Å². The van der Waals surface area contributed by atoms with Crippen molar-refractivity contribution in [2.45, 2.75) is 64.9 Å². The molecule has 4 bridgehead atoms. The number of hydrogen-bond donors (Lipinski definition) is 1. The van der Waals surface area contributed by atoms with Gasteiger partial charge < -0.3 is 10.1 Å². The van der Waals surface area contributed by atoms with Crippen molar-refractivity contribution in [3.63, 3.8) is 0 Å². The molecule has 1 amide bonds. The van der Waals surface area contributed by atoms with Crippen LogP contribution in [0.2, 0.25) is 0 Å². The first kappa shape index (κ1) is 20.1. The Kier molecular flexibility index (Phi) is 4.57. The SMILES string of the molecule is Cc1cnc(C)c(-c2cc(F)c3c(c2)C[C@@H](CNC(=O)C24CC5CC(CC(C5)C2)C4)O3)n1. The first-order valence-corrected chi connectivity index (χ1v) is 12.0. The summed E-state index contributed by atoms with van der Waals surface area (Å²) in [6.45, 7) is 4.19. The van der Waals surface area contributed by atoms with Crippen LogP contribution in [0.3, 0.4) is 0 Å². The van der Waals surface area contributed by atoms with Gasteiger partial charge in [-0.2, -0.15) is 0 Å². The van der Waals surface area contributed by atoms with Crippen molar-refractivity contribution in [2.24, 2.45) is 23.2 Å². The summed E-state index contributed by atoms with van der Waals surface area (Å²) in [5, 5.41) is 3.19. The monoisotopic (exact) mass is 435 g/mol. The van der Waals surface area contributed by atoms with Gasteiger partial charge in [-0.15, -0.1) is 0 Å². The fourth-order valence-electron chi connectivity index (χ4n) is 7.23. The predicted molar refractivity (Wildman–Crippen MR) is 119 cm³/mol. The highest BCUT2D eigenvalue weighted by molar-refractivity contribution is 5.83. The molecule has 4 fully saturated rings. The number of fused-ring (bicyclic) bond motifs is 1. The second-order valence-electron chi connectivity index (χ2n) is 10.7. The van der Waals surface area contributed by atoms with E-state index in [1.165, 1.54) is 25.3 Å². The number of rotatable bonds is 4. The molecular weight excluding hydrogens is 405 g/mol. The lowest BCUT2D eigenvalue weighted by Crippen LogP contribution is -2.54. The first-order valence-electron chi connectivity index (χ1n) is 12.0. The second-order valence-corrected chi connectivity index (χ2v) is 10.7. The maximum atomic E-state index is 14.9. The van der Waals surface area contributed by atoms with Crippen LogP contribution in [-0.4, -0.2) is 28.5 Å². The van der Waals surface area contributed by atoms with Crippen LogP contribution in [0.25, 0.3) is 11.3 Å². The molecule has 1 N–H and O–H groups in total. The Morgan fingerprint density at radius 2 is 1.84 bits per heavy atom. The molecule has 1 aromatic carbocycles. The Morgan fingerprint density at radius 1 is 1.16 bits per heavy atom. The Bertz CT molecular complexity index is 1060. The number of ether oxygens (including phenoxy) is 1. The molecule has 0 spiro atoms. The highest BCUT2D eigenvalue weighted by Gasteiger charge is 2.54. The lowest BCUT2D eigenvalue weighted by atomic mass is 9.49. The molecular formula is C26H30FN3O2. The van der Waals surface area contributed by atoms with E-state index in [-0.39, 0.29) is 23.2 Å². The van der Waals surface area contributed by atoms with Crippen molar-refractivity contribution < 1.29 is 13.9 Å². The van der Waals surface area contributed by atoms with Crippen molar-refractivity contribution in [2.75, 3.05) is 6.54 Å². The number of nitrogens with one attached hydrogen (secondary N) is 1. The average molecular weight is 436 g/mol. The molecule has 0 saturated heterocycles. The molecule has 5 nitrogen and oxygen atoms in total. The highest BCUT2D eigenvalue weighted by Crippen LogP contribution is 2.60. The van der Waals surface area contributed by atoms with Gasteiger partial charge in [0.05, 0.1) is 23.6 Å². The van der Waals surface area contributed by atoms with Crippen LogP contribution in [0.15, 0.2) is 18.3 Å². The second kappa shape index (κ2) is 7.26. The number of amides is 1. The highest BCUT2D eigenvalue weighted by atomic mass is 19.1. The van der Waals surface area contributed by atoms with Gasteiger partial charge in [-0.1, -0.05) is 0 Å². The molecule has 5 aliphatic rings. The molecule has 2 aromatic rings. The van der Waals surface area contributed by atoms with E-state index in [0.29, 0.717) is 24.4 Å². The van der Waals surface area contributed by atoms with Crippen molar-refractivity contribution >= 4 is 5.91 Å². The summed E-state index contributed by atoms with van der Waals surface area (Å²) in [7, 11) is 0. The molecule has 2 heterocycles. The average Bonchev–Trinajstić information content (AvgIpc) is 3.16. The lowest BCUT2D eigenvalue weighted by molar-refractivity contribution is -0.146. The Hall–Kier alpha value is -2.50. The number of benzene rings is 1. The van der Waals surface area contributed by atoms with Crippen LogP contribution in [0, 0.1) is 42.8 Å². The van der Waals surface area contributed by atoms with Gasteiger partial charge in [0.25, 0.3) is 0 Å². The maximum Gasteiger partial charge on any atom is 0.226 e. The first-order chi connectivity index (χ1) is 15.4. The molecule has 168 valence electrons. The summed E-state index contributed by atoms with van der Waals surface area (Å²) in [6.07, 6.45) is 9.16. The maximum absolute atomic E-state index is 14.9. The van der Waals surface area contributed by atoms with Crippen molar-refractivity contribution in [1.82, 2.24) is 15.3 Å². The summed E-state index contributed by atoms with van der Waals surface area (Å²) in [5.74, 6) is 2.33. The van der Waals surface area contributed by atoms with Gasteiger partial charge in [0.1, 0.15) is 6.10 Å². The van der Waals surface area contributed by atoms with Gasteiger partial charge in [0.2, 0.25) is 5.91 Å². The zero-order chi connectivity index (χ0) is 22.0. The van der Waals surface area contributed by atoms with Gasteiger partial charge in [0, 0.05) is 29.2 Å². The normalized spacial score (nSPS) is 32.0. The smallest absolute Gasteiger partial charge is 0.226 e. The summed E-state index contributed by atoms with van der Waals surface area (Å²) >= 11 is 0. The van der Waals surface area contributed by atoms with Crippen LogP contribution in [0.5, 0.6) is 5.75 Å². The standard InChI is InChI=1S/C26H30FN3O2/c1-14-12-28-15(2)23(30-14)19-6-20-7-21(32-24(20)22(27)8-19)13-29-25(31)26-9-16-3-17(10-26)5-18(4-16)11-26/h6,8,12,16-18,21H,3-5,7,9-11,13H2,1-2H3,(H,29,31)/t16?,17?,18?,21-,26?/m0/s1. The van der Waals surface area contributed by atoms with Crippen LogP contribution in [0.4, 0.5) is 4.39 Å². The lowest BCUT2D eigenvalue weighted by Gasteiger charge is -2.55. The van der Waals surface area contributed by atoms with E-state index >= 15 is 0 Å². The van der Waals surface area contributed by atoms with E-state index in [1.54, 1.807) is 6.20 Å². The predicted octanol–water partition coefficient (Wildman–Crippen LogP) is 4.54. The third-order valence-electron chi connectivity index (χ3n) is 8.21. The van der Waals surface area contributed by atoms with Crippen molar-refractivity contribution in [3.8, 4) is 17.0 Å². The summed E-state index contributed by atoms with van der Waals surface area (Å²) in [5.41, 5.74) is 3.65. The minimum atomic E-state index is -0.380. The summed E-state index contributed by atoms with van der Waals surface area (Å²) < 4.78 is 20.8. The quantitative estimate of drug-likeness (QED) is 0.766. The third-order valence-corrected chi connectivity index (χ3v) is 8.21. The molecule has 4 aliphatic carbocycles. The molecule has 32 heavy (non-hydrogen) atoms. The van der Waals surface area contributed by atoms with Crippen LogP contribution in [-0.2, 0) is 11.2 Å². The summed E-state index contributed by atoms with van der Waals surface area (Å²) in [6, 6.07) is 3.43. The number of hydrogen-bond acceptors (Lipinski definition) is 4. The fraction of sp³-hybridized carbons (Fsp3) is 0.577. The minimum Gasteiger partial charge on any atom is -0.485 e. The molecule has 0 radical (unpaired) electrons. The Morgan fingerprint density at radius 3 is 2.53 bits per heavy atom. The van der Waals surface area contributed by atoms with Gasteiger partial charge >= 0.3 is 0 Å². The number of nitrogens with zero attached hydrogens (tertiary/aromatic N) is 2. The molecule has 6 heteroatoms. The van der Waals surface area contributed by atoms with E-state index in [9.17, 15) is 9.18 Å². The molecule has 7 rings (SSSR count). The fourth-order valence-corrected chi connectivity index (χ4v) is 7.23. The van der Waals surface area contributed by atoms with Crippen molar-refractivity contribution in [1.29, 1.82) is 0 Å². The number of carbonyl (C=O) groups is 1. The van der Waals surface area contributed by atoms with Crippen LogP contribution < -0.4 is 10.1 Å². The van der Waals surface area contributed by atoms with Gasteiger partial charge in [-0.05, 0) is 82.3 Å².